The molecule has 25 heavy (non-hydrogen) atoms. The maximum absolute atomic E-state index is 12.2. The van der Waals surface area contributed by atoms with Gasteiger partial charge < -0.3 is 4.79 Å². The molecular weight excluding hydrogens is 385 g/mol. The van der Waals surface area contributed by atoms with E-state index in [0.29, 0.717) is 11.8 Å². The number of hydrogen-bond donors (Lipinski definition) is 0. The first-order chi connectivity index (χ1) is 11.2. The Labute approximate surface area is 177 Å². The molecule has 0 heterocycles. The number of benzene rings is 1. The number of rotatable bonds is 3. The smallest absolute Gasteiger partial charge is 0.160 e. The van der Waals surface area contributed by atoms with Crippen molar-refractivity contribution >= 4 is 12.1 Å². The zero-order valence-electron chi connectivity index (χ0n) is 16.2. The molecule has 0 bridgehead atoms. The van der Waals surface area contributed by atoms with E-state index < -0.39 is 0 Å². The van der Waals surface area contributed by atoms with E-state index in [1.807, 2.05) is 0 Å². The largest absolute Gasteiger partial charge is 0.541 e. The molecule has 0 amide bonds. The summed E-state index contributed by atoms with van der Waals surface area (Å²) in [5.74, 6) is 0.820. The van der Waals surface area contributed by atoms with Gasteiger partial charge in [-0.1, -0.05) is 52.5 Å². The van der Waals surface area contributed by atoms with Gasteiger partial charge in [-0.2, -0.15) is 0 Å². The molecule has 1 fully saturated rings. The van der Waals surface area contributed by atoms with Crippen LogP contribution < -0.4 is 0 Å². The van der Waals surface area contributed by atoms with Crippen molar-refractivity contribution in [2.75, 3.05) is 0 Å². The van der Waals surface area contributed by atoms with Crippen molar-refractivity contribution < 1.29 is 42.3 Å². The van der Waals surface area contributed by atoms with E-state index in [-0.39, 0.29) is 49.3 Å². The summed E-state index contributed by atoms with van der Waals surface area (Å²) in [4.78, 5) is 24.0. The van der Waals surface area contributed by atoms with Crippen molar-refractivity contribution in [3.8, 4) is 0 Å². The van der Waals surface area contributed by atoms with Gasteiger partial charge in [-0.05, 0) is 60.3 Å². The molecule has 1 saturated carbocycles. The third-order valence-corrected chi connectivity index (χ3v) is 6.76. The third kappa shape index (κ3) is 3.34. The van der Waals surface area contributed by atoms with Crippen LogP contribution in [-0.4, -0.2) is 12.1 Å². The molecule has 1 unspecified atom stereocenters. The number of carbonyl (C=O) groups excluding carboxylic acids is 2. The summed E-state index contributed by atoms with van der Waals surface area (Å²) in [7, 11) is 0. The number of fused-ring (bicyclic) bond motifs is 3. The second kappa shape index (κ2) is 7.35. The minimum absolute atomic E-state index is 0. The van der Waals surface area contributed by atoms with E-state index in [9.17, 15) is 9.59 Å². The summed E-state index contributed by atoms with van der Waals surface area (Å²) in [5, 5.41) is 0. The van der Waals surface area contributed by atoms with E-state index in [4.69, 9.17) is 0 Å². The van der Waals surface area contributed by atoms with Crippen molar-refractivity contribution in [3.63, 3.8) is 0 Å². The Morgan fingerprint density at radius 1 is 1.24 bits per heavy atom. The molecule has 3 heteroatoms. The molecule has 3 rings (SSSR count). The van der Waals surface area contributed by atoms with Crippen LogP contribution in [0.4, 0.5) is 0 Å². The van der Waals surface area contributed by atoms with Crippen LogP contribution in [0.3, 0.4) is 0 Å². The predicted molar refractivity (Wildman–Crippen MR) is 97.4 cm³/mol. The fourth-order valence-corrected chi connectivity index (χ4v) is 5.44. The fourth-order valence-electron chi connectivity index (χ4n) is 5.44. The SMILES string of the molecule is CC(=O)c1cc2c(cc1C(C)C)CCC1[C@](C)([C-]=O)CCC[C@]21C.[Y]. The standard InChI is InChI=1S/C22H29O2.Y/c1-14(2)17-11-16-7-8-20-21(4,13-23)9-6-10-22(20,5)19(16)12-18(17)15(3)24;/h11-12,14,20H,6-10H2,1-5H3;/q-1;/t20?,21-,22+;/m0./s1. The van der Waals surface area contributed by atoms with Gasteiger partial charge >= 0.3 is 0 Å². The van der Waals surface area contributed by atoms with Gasteiger partial charge in [0.1, 0.15) is 0 Å². The average molecular weight is 414 g/mol. The van der Waals surface area contributed by atoms with Gasteiger partial charge in [-0.15, -0.1) is 5.41 Å². The van der Waals surface area contributed by atoms with E-state index >= 15 is 0 Å². The molecule has 3 atom stereocenters. The molecular formula is C22H29O2Y-. The van der Waals surface area contributed by atoms with Crippen molar-refractivity contribution in [1.82, 2.24) is 0 Å². The number of hydrogen-bond acceptors (Lipinski definition) is 2. The zero-order chi connectivity index (χ0) is 17.7. The number of carbonyl (C=O) groups is 1. The molecule has 0 saturated heterocycles. The van der Waals surface area contributed by atoms with Gasteiger partial charge in [0.15, 0.2) is 5.78 Å². The van der Waals surface area contributed by atoms with E-state index in [1.54, 1.807) is 6.92 Å². The van der Waals surface area contributed by atoms with E-state index in [0.717, 1.165) is 37.7 Å². The zero-order valence-corrected chi connectivity index (χ0v) is 19.1. The molecule has 1 radical (unpaired) electrons. The summed E-state index contributed by atoms with van der Waals surface area (Å²) in [6, 6.07) is 4.43. The normalized spacial score (nSPS) is 30.9. The van der Waals surface area contributed by atoms with E-state index in [1.165, 1.54) is 16.7 Å². The molecule has 0 spiro atoms. The summed E-state index contributed by atoms with van der Waals surface area (Å²) < 4.78 is 0. The molecule has 0 N–H and O–H groups in total. The monoisotopic (exact) mass is 414 g/mol. The van der Waals surface area contributed by atoms with Gasteiger partial charge in [-0.25, -0.2) is 0 Å². The number of aryl methyl sites for hydroxylation is 1. The minimum atomic E-state index is -0.349. The Kier molecular flexibility index (Phi) is 6.17. The van der Waals surface area contributed by atoms with Crippen molar-refractivity contribution in [1.29, 1.82) is 0 Å². The maximum atomic E-state index is 12.2. The Bertz CT molecular complexity index is 694. The minimum Gasteiger partial charge on any atom is -0.541 e. The van der Waals surface area contributed by atoms with Crippen LogP contribution in [0, 0.1) is 11.3 Å². The second-order valence-corrected chi connectivity index (χ2v) is 8.69. The van der Waals surface area contributed by atoms with Gasteiger partial charge in [-0.3, -0.25) is 11.1 Å². The second-order valence-electron chi connectivity index (χ2n) is 8.69. The molecule has 1 aromatic rings. The van der Waals surface area contributed by atoms with Crippen LogP contribution in [-0.2, 0) is 49.3 Å². The van der Waals surface area contributed by atoms with Crippen LogP contribution in [0.2, 0.25) is 0 Å². The van der Waals surface area contributed by atoms with Gasteiger partial charge in [0, 0.05) is 38.3 Å². The summed E-state index contributed by atoms with van der Waals surface area (Å²) in [5.41, 5.74) is 4.37. The molecule has 133 valence electrons. The summed E-state index contributed by atoms with van der Waals surface area (Å²) >= 11 is 0. The molecule has 2 nitrogen and oxygen atoms in total. The third-order valence-electron chi connectivity index (χ3n) is 6.76. The van der Waals surface area contributed by atoms with Crippen LogP contribution in [0.1, 0.15) is 93.3 Å². The first-order valence-corrected chi connectivity index (χ1v) is 9.30. The molecule has 0 aromatic heterocycles. The van der Waals surface area contributed by atoms with Gasteiger partial charge in [0.05, 0.1) is 0 Å². The molecule has 1 aromatic carbocycles. The first-order valence-electron chi connectivity index (χ1n) is 9.30. The van der Waals surface area contributed by atoms with Crippen molar-refractivity contribution in [3.05, 3.63) is 34.4 Å². The predicted octanol–water partition coefficient (Wildman–Crippen LogP) is 5.13. The molecule has 2 aliphatic rings. The van der Waals surface area contributed by atoms with Crippen LogP contribution in [0.15, 0.2) is 12.1 Å². The van der Waals surface area contributed by atoms with E-state index in [2.05, 4.69) is 46.1 Å². The molecule has 0 aliphatic heterocycles. The maximum Gasteiger partial charge on any atom is 0.160 e. The summed E-state index contributed by atoms with van der Waals surface area (Å²) in [6.07, 6.45) is 7.53. The number of Topliss-reactive ketones (excluding diaryl/α,β-unsaturated/α-hetero) is 1. The quantitative estimate of drug-likeness (QED) is 0.508. The Hall–Kier alpha value is -0.336. The van der Waals surface area contributed by atoms with Crippen LogP contribution in [0.5, 0.6) is 0 Å². The average Bonchev–Trinajstić information content (AvgIpc) is 2.53. The first kappa shape index (κ1) is 21.0. The molecule has 2 aliphatic carbocycles. The van der Waals surface area contributed by atoms with Gasteiger partial charge in [0.25, 0.3) is 0 Å². The Balaban J connectivity index is 0.00000225. The number of ketones is 1. The van der Waals surface area contributed by atoms with Crippen molar-refractivity contribution in [2.45, 2.75) is 78.1 Å². The Morgan fingerprint density at radius 2 is 1.92 bits per heavy atom. The summed E-state index contributed by atoms with van der Waals surface area (Å²) in [6.45, 7) is 10.4. The van der Waals surface area contributed by atoms with Crippen LogP contribution >= 0.6 is 0 Å². The van der Waals surface area contributed by atoms with Crippen molar-refractivity contribution in [2.24, 2.45) is 11.3 Å². The Morgan fingerprint density at radius 3 is 2.48 bits per heavy atom. The van der Waals surface area contributed by atoms with Gasteiger partial charge in [0.2, 0.25) is 0 Å². The topological polar surface area (TPSA) is 34.1 Å². The fraction of sp³-hybridized carbons (Fsp3) is 0.636. The van der Waals surface area contributed by atoms with Crippen LogP contribution in [0.25, 0.3) is 0 Å².